The quantitative estimate of drug-likeness (QED) is 0.359. The number of anilines is 1. The van der Waals surface area contributed by atoms with Crippen molar-refractivity contribution < 1.29 is 5.11 Å². The van der Waals surface area contributed by atoms with Gasteiger partial charge in [0.25, 0.3) is 0 Å². The molecular weight excluding hydrogens is 486 g/mol. The summed E-state index contributed by atoms with van der Waals surface area (Å²) in [4.78, 5) is 2.33. The van der Waals surface area contributed by atoms with Crippen molar-refractivity contribution in [3.8, 4) is 16.9 Å². The van der Waals surface area contributed by atoms with Gasteiger partial charge < -0.3 is 10.0 Å². The standard InChI is InChI=1S/C38H51NO/c1-10-37(19-24(2)15-25(3)20-37)30-16-27-28(17-32(30)39(8)9)34-26-13-11-12-14-29(26)38(31(34)18-33(27)40)22-35(4,5)21-36(6,7)23-38/h11-14,16-18,24-25,40H,10,15,19-23H2,1-9H3. The summed E-state index contributed by atoms with van der Waals surface area (Å²) in [5.41, 5.74) is 8.83. The summed E-state index contributed by atoms with van der Waals surface area (Å²) in [6.45, 7) is 17.0. The van der Waals surface area contributed by atoms with Crippen molar-refractivity contribution in [2.45, 2.75) is 104 Å². The highest BCUT2D eigenvalue weighted by Gasteiger charge is 2.54. The fraction of sp³-hybridized carbons (Fsp3) is 0.579. The normalized spacial score (nSPS) is 27.9. The molecule has 3 aromatic carbocycles. The molecule has 214 valence electrons. The van der Waals surface area contributed by atoms with E-state index in [-0.39, 0.29) is 21.7 Å². The number of fused-ring (bicyclic) bond motifs is 7. The lowest BCUT2D eigenvalue weighted by atomic mass is 9.52. The average molecular weight is 538 g/mol. The summed E-state index contributed by atoms with van der Waals surface area (Å²) in [6, 6.07) is 16.2. The van der Waals surface area contributed by atoms with Crippen molar-refractivity contribution in [3.05, 3.63) is 59.2 Å². The molecule has 3 aliphatic rings. The Morgan fingerprint density at radius 2 is 1.43 bits per heavy atom. The van der Waals surface area contributed by atoms with E-state index in [1.54, 1.807) is 0 Å². The van der Waals surface area contributed by atoms with Gasteiger partial charge in [-0.25, -0.2) is 0 Å². The predicted molar refractivity (Wildman–Crippen MR) is 172 cm³/mol. The largest absolute Gasteiger partial charge is 0.507 e. The van der Waals surface area contributed by atoms with Crippen LogP contribution in [0.15, 0.2) is 42.5 Å². The van der Waals surface area contributed by atoms with Gasteiger partial charge in [0.2, 0.25) is 0 Å². The second-order valence-electron chi connectivity index (χ2n) is 16.1. The van der Waals surface area contributed by atoms with Gasteiger partial charge in [-0.15, -0.1) is 0 Å². The minimum atomic E-state index is -0.0708. The van der Waals surface area contributed by atoms with Crippen LogP contribution in [0.2, 0.25) is 0 Å². The molecule has 6 rings (SSSR count). The number of hydrogen-bond acceptors (Lipinski definition) is 2. The van der Waals surface area contributed by atoms with Gasteiger partial charge in [-0.05, 0) is 124 Å². The highest BCUT2D eigenvalue weighted by atomic mass is 16.3. The fourth-order valence-corrected chi connectivity index (χ4v) is 10.6. The van der Waals surface area contributed by atoms with Gasteiger partial charge >= 0.3 is 0 Å². The Morgan fingerprint density at radius 1 is 0.800 bits per heavy atom. The SMILES string of the molecule is CCC1(c2cc3c(O)cc4c(c3cc2N(C)C)-c2ccccc2C42CC(C)(C)CC(C)(C)C2)CC(C)CC(C)C1. The van der Waals surface area contributed by atoms with Gasteiger partial charge in [0.15, 0.2) is 0 Å². The monoisotopic (exact) mass is 537 g/mol. The molecule has 3 aliphatic carbocycles. The Morgan fingerprint density at radius 3 is 2.02 bits per heavy atom. The summed E-state index contributed by atoms with van der Waals surface area (Å²) in [5, 5.41) is 14.1. The molecular formula is C38H51NO. The molecule has 40 heavy (non-hydrogen) atoms. The van der Waals surface area contributed by atoms with E-state index in [1.807, 2.05) is 0 Å². The molecule has 2 atom stereocenters. The van der Waals surface area contributed by atoms with Gasteiger partial charge in [0.05, 0.1) is 0 Å². The lowest BCUT2D eigenvalue weighted by Crippen LogP contribution is -2.43. The predicted octanol–water partition coefficient (Wildman–Crippen LogP) is 10.2. The Labute approximate surface area is 243 Å². The number of phenols is 1. The molecule has 0 aromatic heterocycles. The molecule has 0 saturated heterocycles. The molecule has 1 N–H and O–H groups in total. The first-order chi connectivity index (χ1) is 18.7. The smallest absolute Gasteiger partial charge is 0.123 e. The van der Waals surface area contributed by atoms with E-state index < -0.39 is 0 Å². The van der Waals surface area contributed by atoms with Crippen LogP contribution in [0.4, 0.5) is 5.69 Å². The van der Waals surface area contributed by atoms with Gasteiger partial charge in [-0.3, -0.25) is 0 Å². The summed E-state index contributed by atoms with van der Waals surface area (Å²) >= 11 is 0. The zero-order chi connectivity index (χ0) is 28.8. The average Bonchev–Trinajstić information content (AvgIpc) is 3.09. The van der Waals surface area contributed by atoms with Crippen LogP contribution >= 0.6 is 0 Å². The number of aromatic hydroxyl groups is 1. The van der Waals surface area contributed by atoms with Crippen LogP contribution in [0.1, 0.15) is 110 Å². The lowest BCUT2D eigenvalue weighted by molar-refractivity contribution is 0.0645. The van der Waals surface area contributed by atoms with Gasteiger partial charge in [0, 0.05) is 30.6 Å². The summed E-state index contributed by atoms with van der Waals surface area (Å²) in [7, 11) is 4.41. The van der Waals surface area contributed by atoms with Crippen LogP contribution in [0, 0.1) is 22.7 Å². The summed E-state index contributed by atoms with van der Waals surface area (Å²) < 4.78 is 0. The zero-order valence-corrected chi connectivity index (χ0v) is 26.5. The fourth-order valence-electron chi connectivity index (χ4n) is 10.6. The van der Waals surface area contributed by atoms with E-state index in [0.717, 1.165) is 24.6 Å². The van der Waals surface area contributed by atoms with Crippen LogP contribution < -0.4 is 4.90 Å². The first-order valence-corrected chi connectivity index (χ1v) is 15.8. The van der Waals surface area contributed by atoms with Crippen LogP contribution in [0.25, 0.3) is 21.9 Å². The third-order valence-electron chi connectivity index (χ3n) is 11.0. The van der Waals surface area contributed by atoms with E-state index in [9.17, 15) is 5.11 Å². The molecule has 2 nitrogen and oxygen atoms in total. The molecule has 2 saturated carbocycles. The molecule has 0 amide bonds. The molecule has 1 spiro atoms. The van der Waals surface area contributed by atoms with Crippen molar-refractivity contribution in [1.29, 1.82) is 0 Å². The highest BCUT2D eigenvalue weighted by Crippen LogP contribution is 2.65. The first-order valence-electron chi connectivity index (χ1n) is 15.8. The Balaban J connectivity index is 1.67. The summed E-state index contributed by atoms with van der Waals surface area (Å²) in [6.07, 6.45) is 8.36. The van der Waals surface area contributed by atoms with E-state index in [1.165, 1.54) is 64.6 Å². The molecule has 2 fully saturated rings. The maximum Gasteiger partial charge on any atom is 0.123 e. The molecule has 2 unspecified atom stereocenters. The minimum absolute atomic E-state index is 0.0708. The number of hydrogen-bond donors (Lipinski definition) is 1. The molecule has 3 aromatic rings. The Kier molecular flexibility index (Phi) is 6.23. The maximum absolute atomic E-state index is 11.9. The molecule has 0 radical (unpaired) electrons. The zero-order valence-electron chi connectivity index (χ0n) is 26.5. The van der Waals surface area contributed by atoms with Crippen LogP contribution in [-0.2, 0) is 10.8 Å². The van der Waals surface area contributed by atoms with E-state index in [4.69, 9.17) is 0 Å². The molecule has 2 heteroatoms. The van der Waals surface area contributed by atoms with E-state index >= 15 is 0 Å². The molecule has 0 heterocycles. The summed E-state index contributed by atoms with van der Waals surface area (Å²) in [5.74, 6) is 1.89. The molecule has 0 bridgehead atoms. The number of phenolic OH excluding ortho intramolecular Hbond substituents is 1. The molecule has 0 aliphatic heterocycles. The highest BCUT2D eigenvalue weighted by molar-refractivity contribution is 6.07. The van der Waals surface area contributed by atoms with Crippen LogP contribution in [-0.4, -0.2) is 19.2 Å². The van der Waals surface area contributed by atoms with Gasteiger partial charge in [-0.1, -0.05) is 72.7 Å². The van der Waals surface area contributed by atoms with Crippen molar-refractivity contribution in [2.24, 2.45) is 22.7 Å². The van der Waals surface area contributed by atoms with Gasteiger partial charge in [-0.2, -0.15) is 0 Å². The third-order valence-corrected chi connectivity index (χ3v) is 11.0. The number of nitrogens with zero attached hydrogens (tertiary/aromatic N) is 1. The van der Waals surface area contributed by atoms with Crippen LogP contribution in [0.3, 0.4) is 0 Å². The lowest BCUT2D eigenvalue weighted by Gasteiger charge is -2.51. The Bertz CT molecular complexity index is 1450. The third kappa shape index (κ3) is 4.11. The minimum Gasteiger partial charge on any atom is -0.507 e. The topological polar surface area (TPSA) is 23.5 Å². The van der Waals surface area contributed by atoms with Gasteiger partial charge in [0.1, 0.15) is 5.75 Å². The second-order valence-corrected chi connectivity index (χ2v) is 16.1. The second kappa shape index (κ2) is 9.01. The van der Waals surface area contributed by atoms with Crippen molar-refractivity contribution in [2.75, 3.05) is 19.0 Å². The van der Waals surface area contributed by atoms with E-state index in [2.05, 4.69) is 110 Å². The first kappa shape index (κ1) is 27.7. The van der Waals surface area contributed by atoms with E-state index in [0.29, 0.717) is 17.6 Å². The van der Waals surface area contributed by atoms with Crippen LogP contribution in [0.5, 0.6) is 5.75 Å². The number of rotatable bonds is 3. The maximum atomic E-state index is 11.9. The van der Waals surface area contributed by atoms with Crippen molar-refractivity contribution >= 4 is 16.5 Å². The Hall–Kier alpha value is -2.48. The van der Waals surface area contributed by atoms with Crippen molar-refractivity contribution in [1.82, 2.24) is 0 Å². The number of benzene rings is 3. The van der Waals surface area contributed by atoms with Crippen molar-refractivity contribution in [3.63, 3.8) is 0 Å².